The molecule has 43 heavy (non-hydrogen) atoms. The summed E-state index contributed by atoms with van der Waals surface area (Å²) in [7, 11) is 2.23. The van der Waals surface area contributed by atoms with E-state index < -0.39 is 0 Å². The van der Waals surface area contributed by atoms with Crippen LogP contribution >= 0.6 is 0 Å². The third kappa shape index (κ3) is 24.9. The fourth-order valence-corrected chi connectivity index (χ4v) is 5.97. The molecule has 1 fully saturated rings. The fraction of sp³-hybridized carbons (Fsp3) is 0.800. The van der Waals surface area contributed by atoms with Gasteiger partial charge in [0.05, 0.1) is 12.7 Å². The van der Waals surface area contributed by atoms with Crippen LogP contribution in [-0.4, -0.2) is 26.3 Å². The van der Waals surface area contributed by atoms with Crippen LogP contribution in [0, 0.1) is 0 Å². The summed E-state index contributed by atoms with van der Waals surface area (Å²) >= 11 is 0. The highest BCUT2D eigenvalue weighted by molar-refractivity contribution is 6.08. The molecule has 0 bridgehead atoms. The second kappa shape index (κ2) is 30.9. The Hall–Kier alpha value is -1.06. The van der Waals surface area contributed by atoms with Crippen LogP contribution in [-0.2, 0) is 9.47 Å². The second-order valence-corrected chi connectivity index (χ2v) is 13.0. The van der Waals surface area contributed by atoms with E-state index in [9.17, 15) is 0 Å². The van der Waals surface area contributed by atoms with E-state index >= 15 is 0 Å². The molecule has 1 unspecified atom stereocenters. The number of hydrogen-bond donors (Lipinski definition) is 0. The van der Waals surface area contributed by atoms with Crippen LogP contribution in [0.5, 0.6) is 0 Å². The average molecular weight is 597 g/mol. The van der Waals surface area contributed by atoms with Crippen molar-refractivity contribution < 1.29 is 9.47 Å². The monoisotopic (exact) mass is 597 g/mol. The minimum atomic E-state index is -0.287. The molecular weight excluding hydrogens is 523 g/mol. The van der Waals surface area contributed by atoms with Crippen molar-refractivity contribution in [3.8, 4) is 0 Å². The van der Waals surface area contributed by atoms with Gasteiger partial charge in [0.15, 0.2) is 5.79 Å². The molecule has 1 heterocycles. The zero-order chi connectivity index (χ0) is 30.9. The molecule has 0 radical (unpaired) electrons. The van der Waals surface area contributed by atoms with Gasteiger partial charge in [-0.05, 0) is 77.0 Å². The summed E-state index contributed by atoms with van der Waals surface area (Å²) < 4.78 is 12.8. The van der Waals surface area contributed by atoms with Gasteiger partial charge in [-0.15, -0.1) is 0 Å². The lowest BCUT2D eigenvalue weighted by Gasteiger charge is -2.28. The molecule has 1 atom stereocenters. The normalized spacial score (nSPS) is 17.1. The summed E-state index contributed by atoms with van der Waals surface area (Å²) in [4.78, 5) is 0. The van der Waals surface area contributed by atoms with Gasteiger partial charge in [-0.25, -0.2) is 0 Å². The van der Waals surface area contributed by atoms with E-state index in [0.717, 1.165) is 38.6 Å². The van der Waals surface area contributed by atoms with Crippen LogP contribution in [0.1, 0.15) is 181 Å². The molecule has 1 saturated heterocycles. The lowest BCUT2D eigenvalue weighted by Crippen LogP contribution is -2.31. The van der Waals surface area contributed by atoms with E-state index in [1.807, 2.05) is 0 Å². The van der Waals surface area contributed by atoms with Crippen LogP contribution in [0.2, 0.25) is 6.32 Å². The highest BCUT2D eigenvalue weighted by Gasteiger charge is 2.39. The van der Waals surface area contributed by atoms with Gasteiger partial charge in [-0.2, -0.15) is 0 Å². The predicted octanol–water partition coefficient (Wildman–Crippen LogP) is 12.6. The largest absolute Gasteiger partial charge is 0.347 e. The van der Waals surface area contributed by atoms with Crippen molar-refractivity contribution in [1.82, 2.24) is 0 Å². The first kappa shape index (κ1) is 40.0. The van der Waals surface area contributed by atoms with Gasteiger partial charge in [0, 0.05) is 12.8 Å². The molecule has 1 aliphatic rings. The minimum Gasteiger partial charge on any atom is -0.347 e. The Morgan fingerprint density at radius 1 is 0.512 bits per heavy atom. The van der Waals surface area contributed by atoms with Gasteiger partial charge < -0.3 is 9.47 Å². The molecule has 1 aliphatic heterocycles. The van der Waals surface area contributed by atoms with Crippen LogP contribution in [0.4, 0.5) is 0 Å². The third-order valence-corrected chi connectivity index (χ3v) is 8.89. The van der Waals surface area contributed by atoms with Gasteiger partial charge in [0.2, 0.25) is 0 Å². The van der Waals surface area contributed by atoms with Gasteiger partial charge in [-0.3, -0.25) is 0 Å². The first-order chi connectivity index (χ1) is 21.3. The predicted molar refractivity (Wildman–Crippen MR) is 195 cm³/mol. The van der Waals surface area contributed by atoms with E-state index in [4.69, 9.17) is 9.47 Å². The summed E-state index contributed by atoms with van der Waals surface area (Å²) in [6, 6.07) is 0. The zero-order valence-corrected chi connectivity index (χ0v) is 29.3. The fourth-order valence-electron chi connectivity index (χ4n) is 5.97. The Balaban J connectivity index is 2.04. The molecule has 0 aromatic rings. The lowest BCUT2D eigenvalue weighted by molar-refractivity contribution is -0.177. The molecule has 0 aromatic heterocycles. The van der Waals surface area contributed by atoms with Crippen molar-refractivity contribution in [2.45, 2.75) is 199 Å². The molecule has 0 aliphatic carbocycles. The van der Waals surface area contributed by atoms with Crippen molar-refractivity contribution in [1.29, 1.82) is 0 Å². The molecule has 1 rings (SSSR count). The second-order valence-electron chi connectivity index (χ2n) is 13.0. The summed E-state index contributed by atoms with van der Waals surface area (Å²) in [5, 5.41) is 0. The summed E-state index contributed by atoms with van der Waals surface area (Å²) in [5.41, 5.74) is 0. The topological polar surface area (TPSA) is 18.5 Å². The molecule has 0 N–H and O–H groups in total. The molecular formula is C40H73BO2. The molecule has 248 valence electrons. The molecule has 0 amide bonds. The number of hydrogen-bond acceptors (Lipinski definition) is 2. The minimum absolute atomic E-state index is 0.287. The zero-order valence-electron chi connectivity index (χ0n) is 29.3. The maximum atomic E-state index is 6.50. The van der Waals surface area contributed by atoms with Crippen molar-refractivity contribution in [3.63, 3.8) is 0 Å². The van der Waals surface area contributed by atoms with Crippen LogP contribution in [0.15, 0.2) is 48.6 Å². The average Bonchev–Trinajstić information content (AvgIpc) is 3.44. The van der Waals surface area contributed by atoms with E-state index in [0.29, 0.717) is 6.10 Å². The standard InChI is InChI=1S/C40H73BO2/c1-3-5-7-9-11-13-15-17-19-21-23-25-27-29-31-33-35-40(42-38-39(37-41)43-40)36-34-32-30-28-26-24-22-20-18-16-14-12-10-8-6-4-2/h11-14,17-20,39H,3-10,15-16,21-38,41H2,1-2H3/b13-11-,14-12-,19-17-,20-18-. The quantitative estimate of drug-likeness (QED) is 0.0450. The summed E-state index contributed by atoms with van der Waals surface area (Å²) in [6.45, 7) is 5.33. The smallest absolute Gasteiger partial charge is 0.168 e. The van der Waals surface area contributed by atoms with Gasteiger partial charge in [-0.1, -0.05) is 146 Å². The molecule has 0 spiro atoms. The third-order valence-electron chi connectivity index (χ3n) is 8.89. The van der Waals surface area contributed by atoms with Crippen molar-refractivity contribution >= 4 is 7.85 Å². The Bertz CT molecular complexity index is 647. The maximum absolute atomic E-state index is 6.50. The number of ether oxygens (including phenoxy) is 2. The number of rotatable bonds is 31. The highest BCUT2D eigenvalue weighted by Crippen LogP contribution is 2.35. The molecule has 0 saturated carbocycles. The van der Waals surface area contributed by atoms with E-state index in [1.54, 1.807) is 0 Å². The van der Waals surface area contributed by atoms with E-state index in [1.165, 1.54) is 141 Å². The van der Waals surface area contributed by atoms with Crippen LogP contribution in [0.3, 0.4) is 0 Å². The summed E-state index contributed by atoms with van der Waals surface area (Å²) in [5.74, 6) is -0.287. The van der Waals surface area contributed by atoms with Crippen molar-refractivity contribution in [3.05, 3.63) is 48.6 Å². The van der Waals surface area contributed by atoms with Crippen molar-refractivity contribution in [2.24, 2.45) is 0 Å². The maximum Gasteiger partial charge on any atom is 0.168 e. The SMILES string of the molecule is BCC1COC(CCCCCCCC/C=C\C/C=C\CCCCC)(CCCCCCCC/C=C\C/C=C\CCCCC)O1. The highest BCUT2D eigenvalue weighted by atomic mass is 16.7. The Morgan fingerprint density at radius 2 is 0.884 bits per heavy atom. The molecule has 3 heteroatoms. The Labute approximate surface area is 271 Å². The lowest BCUT2D eigenvalue weighted by atomic mass is 9.98. The van der Waals surface area contributed by atoms with Gasteiger partial charge in [0.1, 0.15) is 7.85 Å². The number of allylic oxidation sites excluding steroid dienone is 8. The van der Waals surface area contributed by atoms with Crippen molar-refractivity contribution in [2.75, 3.05) is 6.61 Å². The van der Waals surface area contributed by atoms with E-state index in [-0.39, 0.29) is 5.79 Å². The van der Waals surface area contributed by atoms with E-state index in [2.05, 4.69) is 70.3 Å². The number of unbranched alkanes of at least 4 members (excludes halogenated alkanes) is 18. The van der Waals surface area contributed by atoms with Crippen LogP contribution < -0.4 is 0 Å². The van der Waals surface area contributed by atoms with Gasteiger partial charge >= 0.3 is 0 Å². The summed E-state index contributed by atoms with van der Waals surface area (Å²) in [6.07, 6.45) is 53.5. The first-order valence-electron chi connectivity index (χ1n) is 19.2. The Morgan fingerprint density at radius 3 is 1.26 bits per heavy atom. The van der Waals surface area contributed by atoms with Gasteiger partial charge in [0.25, 0.3) is 0 Å². The molecule has 2 nitrogen and oxygen atoms in total. The molecule has 0 aromatic carbocycles. The van der Waals surface area contributed by atoms with Crippen LogP contribution in [0.25, 0.3) is 0 Å². The Kier molecular flexibility index (Phi) is 28.8. The first-order valence-corrected chi connectivity index (χ1v) is 19.2.